The van der Waals surface area contributed by atoms with Crippen molar-refractivity contribution in [2.75, 3.05) is 48.3 Å². The summed E-state index contributed by atoms with van der Waals surface area (Å²) >= 11 is 0. The quantitative estimate of drug-likeness (QED) is 0.330. The van der Waals surface area contributed by atoms with Crippen LogP contribution in [-0.4, -0.2) is 56.7 Å². The predicted octanol–water partition coefficient (Wildman–Crippen LogP) is 4.73. The van der Waals surface area contributed by atoms with Crippen molar-refractivity contribution < 1.29 is 27.2 Å². The molecule has 12 heteroatoms. The Balaban J connectivity index is 1.42. The molecule has 0 aromatic heterocycles. The van der Waals surface area contributed by atoms with Gasteiger partial charge in [-0.05, 0) is 61.1 Å². The fourth-order valence-electron chi connectivity index (χ4n) is 5.00. The van der Waals surface area contributed by atoms with Crippen molar-refractivity contribution in [2.24, 2.45) is 10.7 Å². The second-order valence-corrected chi connectivity index (χ2v) is 9.96. The SMILES string of the molecule is CN1CCN(c2ccc3c(c2)C(C=O)N(c2cc(NC(=O)c4ccc(C(F)(F)F)c(F)c4)ccc2CN)C=N3)CC1. The number of amides is 1. The molecule has 2 aliphatic rings. The van der Waals surface area contributed by atoms with Gasteiger partial charge in [0.15, 0.2) is 0 Å². The second kappa shape index (κ2) is 11.3. The molecule has 0 bridgehead atoms. The number of fused-ring (bicyclic) bond motifs is 1. The molecule has 1 unspecified atom stereocenters. The van der Waals surface area contributed by atoms with Gasteiger partial charge in [0.05, 0.1) is 17.6 Å². The molecule has 3 N–H and O–H groups in total. The van der Waals surface area contributed by atoms with Gasteiger partial charge in [0.25, 0.3) is 5.91 Å². The van der Waals surface area contributed by atoms with Crippen LogP contribution in [0.1, 0.15) is 33.1 Å². The van der Waals surface area contributed by atoms with E-state index in [1.165, 1.54) is 6.34 Å². The van der Waals surface area contributed by atoms with Crippen molar-refractivity contribution in [3.63, 3.8) is 0 Å². The molecule has 41 heavy (non-hydrogen) atoms. The van der Waals surface area contributed by atoms with E-state index in [9.17, 15) is 27.2 Å². The maximum atomic E-state index is 14.0. The number of carbonyl (C=O) groups is 2. The average molecular weight is 569 g/mol. The lowest BCUT2D eigenvalue weighted by atomic mass is 9.99. The summed E-state index contributed by atoms with van der Waals surface area (Å²) < 4.78 is 52.8. The van der Waals surface area contributed by atoms with Crippen LogP contribution in [0.4, 0.5) is 40.3 Å². The van der Waals surface area contributed by atoms with Crippen molar-refractivity contribution >= 4 is 41.3 Å². The van der Waals surface area contributed by atoms with E-state index in [4.69, 9.17) is 5.73 Å². The van der Waals surface area contributed by atoms with Gasteiger partial charge in [-0.3, -0.25) is 4.79 Å². The second-order valence-electron chi connectivity index (χ2n) is 9.96. The highest BCUT2D eigenvalue weighted by atomic mass is 19.4. The zero-order valence-electron chi connectivity index (χ0n) is 22.2. The normalized spacial score (nSPS) is 17.4. The molecule has 0 radical (unpaired) electrons. The Labute approximate surface area is 234 Å². The molecule has 8 nitrogen and oxygen atoms in total. The van der Waals surface area contributed by atoms with Gasteiger partial charge in [-0.15, -0.1) is 0 Å². The van der Waals surface area contributed by atoms with Crippen LogP contribution in [0.25, 0.3) is 0 Å². The molecule has 0 aliphatic carbocycles. The number of hydrogen-bond acceptors (Lipinski definition) is 7. The van der Waals surface area contributed by atoms with Crippen molar-refractivity contribution in [1.29, 1.82) is 0 Å². The van der Waals surface area contributed by atoms with E-state index in [1.54, 1.807) is 23.1 Å². The first kappa shape index (κ1) is 28.2. The third-order valence-corrected chi connectivity index (χ3v) is 7.33. The van der Waals surface area contributed by atoms with Crippen molar-refractivity contribution in [2.45, 2.75) is 18.8 Å². The molecule has 2 heterocycles. The minimum Gasteiger partial charge on any atom is -0.369 e. The number of benzene rings is 3. The van der Waals surface area contributed by atoms with Crippen molar-refractivity contribution in [3.8, 4) is 0 Å². The number of rotatable bonds is 6. The molecule has 1 saturated heterocycles. The first-order valence-electron chi connectivity index (χ1n) is 13.0. The highest BCUT2D eigenvalue weighted by molar-refractivity contribution is 6.05. The summed E-state index contributed by atoms with van der Waals surface area (Å²) in [7, 11) is 2.08. The summed E-state index contributed by atoms with van der Waals surface area (Å²) in [5.41, 5.74) is 8.08. The van der Waals surface area contributed by atoms with Crippen LogP contribution in [0.15, 0.2) is 59.6 Å². The van der Waals surface area contributed by atoms with E-state index < -0.39 is 29.5 Å². The van der Waals surface area contributed by atoms with Gasteiger partial charge >= 0.3 is 6.18 Å². The zero-order valence-corrected chi connectivity index (χ0v) is 22.2. The number of hydrogen-bond donors (Lipinski definition) is 2. The van der Waals surface area contributed by atoms with Gasteiger partial charge in [-0.2, -0.15) is 13.2 Å². The summed E-state index contributed by atoms with van der Waals surface area (Å²) in [6.45, 7) is 3.69. The lowest BCUT2D eigenvalue weighted by molar-refractivity contribution is -0.140. The molecule has 0 saturated carbocycles. The summed E-state index contributed by atoms with van der Waals surface area (Å²) in [6, 6.07) is 11.9. The van der Waals surface area contributed by atoms with Crippen LogP contribution < -0.4 is 20.9 Å². The maximum Gasteiger partial charge on any atom is 0.419 e. The first-order valence-corrected chi connectivity index (χ1v) is 13.0. The van der Waals surface area contributed by atoms with Crippen LogP contribution in [0.2, 0.25) is 0 Å². The van der Waals surface area contributed by atoms with E-state index in [1.807, 2.05) is 18.2 Å². The van der Waals surface area contributed by atoms with E-state index in [0.29, 0.717) is 29.1 Å². The van der Waals surface area contributed by atoms with Crippen LogP contribution >= 0.6 is 0 Å². The van der Waals surface area contributed by atoms with Crippen LogP contribution in [0.3, 0.4) is 0 Å². The Morgan fingerprint density at radius 2 is 1.83 bits per heavy atom. The molecule has 0 spiro atoms. The van der Waals surface area contributed by atoms with E-state index >= 15 is 0 Å². The van der Waals surface area contributed by atoms with Crippen molar-refractivity contribution in [3.05, 3.63) is 82.7 Å². The number of aldehydes is 1. The standard InChI is InChI=1S/C29H28F4N6O2/c1-37-8-10-38(11-9-37)21-5-7-25-22(14-21)27(16-40)39(17-35-25)26-13-20(4-2-19(26)15-34)36-28(41)18-3-6-23(24(30)12-18)29(31,32)33/h2-7,12-14,16-17,27H,8-11,15,34H2,1H3,(H,36,41). The maximum absolute atomic E-state index is 14.0. The van der Waals surface area contributed by atoms with E-state index in [0.717, 1.165) is 49.8 Å². The number of nitrogens with one attached hydrogen (secondary N) is 1. The molecule has 3 aromatic carbocycles. The lowest BCUT2D eigenvalue weighted by Gasteiger charge is -2.36. The van der Waals surface area contributed by atoms with Gasteiger partial charge in [-0.1, -0.05) is 6.07 Å². The minimum atomic E-state index is -4.87. The number of nitrogens with two attached hydrogens (primary N) is 1. The smallest absolute Gasteiger partial charge is 0.369 e. The Kier molecular flexibility index (Phi) is 7.78. The van der Waals surface area contributed by atoms with E-state index in [2.05, 4.69) is 27.2 Å². The molecule has 2 aliphatic heterocycles. The van der Waals surface area contributed by atoms with Crippen LogP contribution in [-0.2, 0) is 17.5 Å². The molecular formula is C29H28F4N6O2. The molecule has 1 atom stereocenters. The van der Waals surface area contributed by atoms with Crippen LogP contribution in [0.5, 0.6) is 0 Å². The summed E-state index contributed by atoms with van der Waals surface area (Å²) in [5, 5.41) is 2.58. The predicted molar refractivity (Wildman–Crippen MR) is 149 cm³/mol. The molecule has 1 amide bonds. The fraction of sp³-hybridized carbons (Fsp3) is 0.276. The van der Waals surface area contributed by atoms with Gasteiger partial charge in [0.2, 0.25) is 0 Å². The highest BCUT2D eigenvalue weighted by Gasteiger charge is 2.34. The Morgan fingerprint density at radius 3 is 2.49 bits per heavy atom. The molecular weight excluding hydrogens is 540 g/mol. The number of halogens is 4. The van der Waals surface area contributed by atoms with Gasteiger partial charge in [0, 0.05) is 60.9 Å². The average Bonchev–Trinajstić information content (AvgIpc) is 2.95. The Hall–Kier alpha value is -4.29. The zero-order chi connectivity index (χ0) is 29.3. The van der Waals surface area contributed by atoms with Crippen molar-refractivity contribution in [1.82, 2.24) is 4.90 Å². The number of nitrogens with zero attached hydrogens (tertiary/aromatic N) is 4. The molecule has 3 aromatic rings. The topological polar surface area (TPSA) is 94.3 Å². The first-order chi connectivity index (χ1) is 19.6. The summed E-state index contributed by atoms with van der Waals surface area (Å²) in [6.07, 6.45) is -2.53. The number of carbonyl (C=O) groups excluding carboxylic acids is 2. The molecule has 214 valence electrons. The largest absolute Gasteiger partial charge is 0.419 e. The Morgan fingerprint density at radius 1 is 1.07 bits per heavy atom. The van der Waals surface area contributed by atoms with E-state index in [-0.39, 0.29) is 17.8 Å². The third kappa shape index (κ3) is 5.79. The molecule has 5 rings (SSSR count). The number of piperazine rings is 1. The number of anilines is 3. The Bertz CT molecular complexity index is 1500. The van der Waals surface area contributed by atoms with Gasteiger partial charge < -0.3 is 30.5 Å². The monoisotopic (exact) mass is 568 g/mol. The third-order valence-electron chi connectivity index (χ3n) is 7.33. The minimum absolute atomic E-state index is 0.123. The molecule has 1 fully saturated rings. The number of alkyl halides is 3. The highest BCUT2D eigenvalue weighted by Crippen LogP contribution is 2.39. The lowest BCUT2D eigenvalue weighted by Crippen LogP contribution is -2.44. The summed E-state index contributed by atoms with van der Waals surface area (Å²) in [5.74, 6) is -2.34. The van der Waals surface area contributed by atoms with Crippen LogP contribution in [0, 0.1) is 5.82 Å². The number of aliphatic imine (C=N–C) groups is 1. The fourth-order valence-corrected chi connectivity index (χ4v) is 5.00. The van der Waals surface area contributed by atoms with Gasteiger partial charge in [-0.25, -0.2) is 9.38 Å². The van der Waals surface area contributed by atoms with Gasteiger partial charge in [0.1, 0.15) is 18.1 Å². The number of likely N-dealkylation sites (N-methyl/N-ethyl adjacent to an activating group) is 1. The summed E-state index contributed by atoms with van der Waals surface area (Å²) in [4.78, 5) is 36.0.